The van der Waals surface area contributed by atoms with Crippen LogP contribution in [0.1, 0.15) is 194 Å². The van der Waals surface area contributed by atoms with Crippen LogP contribution in [-0.4, -0.2) is 67.9 Å². The Morgan fingerprint density at radius 2 is 0.689 bits per heavy atom. The second-order valence-electron chi connectivity index (χ2n) is 24.5. The Kier molecular flexibility index (Phi) is 24.1. The zero-order valence-electron chi connectivity index (χ0n) is 47.1. The molecule has 3 N–H and O–H groups in total. The maximum absolute atomic E-state index is 14.1. The molecule has 0 spiro atoms. The zero-order chi connectivity index (χ0) is 55.7. The fourth-order valence-electron chi connectivity index (χ4n) is 9.42. The van der Waals surface area contributed by atoms with Crippen LogP contribution in [0.3, 0.4) is 0 Å². The standard InChI is InChI=1S/C62H90O12/c1-39(2)33-46-17-15-43(16-18-46)23-30-49(47-26-19-44(20-27-47)24-31-50(34-40(3)54(63)64)57(69)72-60(6,7)8)37-52(38-53(36-42(5)56(67)68)59(71)74-62(12,13)14)48-28-21-45(22-29-48)25-32-51(35-41(4)55(65)66)58(70)73-61(9,10)11/h15-22,26-29,39-42,49-53H,23-25,30-38H2,1-14H3,(H,63,64)(H,65,66)(H,67,68). The van der Waals surface area contributed by atoms with Gasteiger partial charge in [-0.25, -0.2) is 0 Å². The smallest absolute Gasteiger partial charge is 0.309 e. The van der Waals surface area contributed by atoms with E-state index in [1.54, 1.807) is 83.1 Å². The van der Waals surface area contributed by atoms with Crippen LogP contribution in [0.15, 0.2) is 72.8 Å². The maximum Gasteiger partial charge on any atom is 0.309 e. The number of carbonyl (C=O) groups excluding carboxylic acids is 3. The van der Waals surface area contributed by atoms with Crippen LogP contribution in [0.2, 0.25) is 0 Å². The average molecular weight is 1030 g/mol. The summed E-state index contributed by atoms with van der Waals surface area (Å²) >= 11 is 0. The van der Waals surface area contributed by atoms with Crippen molar-refractivity contribution in [1.82, 2.24) is 0 Å². The highest BCUT2D eigenvalue weighted by atomic mass is 16.6. The molecule has 0 amide bonds. The number of carboxylic acid groups (broad SMARTS) is 3. The minimum atomic E-state index is -0.993. The maximum atomic E-state index is 14.1. The van der Waals surface area contributed by atoms with Crippen molar-refractivity contribution in [2.45, 2.75) is 203 Å². The first-order valence-corrected chi connectivity index (χ1v) is 26.9. The molecule has 0 aliphatic carbocycles. The Morgan fingerprint density at radius 1 is 0.392 bits per heavy atom. The molecule has 3 aromatic carbocycles. The zero-order valence-corrected chi connectivity index (χ0v) is 47.1. The van der Waals surface area contributed by atoms with Gasteiger partial charge in [0.2, 0.25) is 0 Å². The molecule has 0 saturated heterocycles. The summed E-state index contributed by atoms with van der Waals surface area (Å²) in [5.74, 6) is -8.12. The molecule has 12 heteroatoms. The highest BCUT2D eigenvalue weighted by Gasteiger charge is 2.34. The summed E-state index contributed by atoms with van der Waals surface area (Å²) in [4.78, 5) is 76.8. The fourth-order valence-corrected chi connectivity index (χ4v) is 9.42. The molecule has 0 aliphatic rings. The van der Waals surface area contributed by atoms with Crippen LogP contribution >= 0.6 is 0 Å². The molecule has 0 fully saturated rings. The van der Waals surface area contributed by atoms with Crippen molar-refractivity contribution in [2.24, 2.45) is 41.4 Å². The molecular formula is C62H90O12. The highest BCUT2D eigenvalue weighted by Crippen LogP contribution is 2.40. The van der Waals surface area contributed by atoms with Crippen molar-refractivity contribution in [1.29, 1.82) is 0 Å². The number of hydrogen-bond acceptors (Lipinski definition) is 9. The molecule has 0 saturated carbocycles. The van der Waals surface area contributed by atoms with Crippen molar-refractivity contribution in [3.8, 4) is 0 Å². The molecule has 410 valence electrons. The summed E-state index contributed by atoms with van der Waals surface area (Å²) in [6.45, 7) is 25.4. The topological polar surface area (TPSA) is 191 Å². The Morgan fingerprint density at radius 3 is 1.03 bits per heavy atom. The van der Waals surface area contributed by atoms with Crippen molar-refractivity contribution in [3.05, 3.63) is 106 Å². The molecule has 0 aromatic heterocycles. The summed E-state index contributed by atoms with van der Waals surface area (Å²) in [5, 5.41) is 29.5. The second-order valence-corrected chi connectivity index (χ2v) is 24.5. The quantitative estimate of drug-likeness (QED) is 0.0441. The average Bonchev–Trinajstić information content (AvgIpc) is 3.28. The third-order valence-electron chi connectivity index (χ3n) is 13.5. The molecule has 12 nitrogen and oxygen atoms in total. The molecule has 8 atom stereocenters. The monoisotopic (exact) mass is 1030 g/mol. The molecule has 0 radical (unpaired) electrons. The minimum absolute atomic E-state index is 0.0167. The Labute approximate surface area is 442 Å². The lowest BCUT2D eigenvalue weighted by Gasteiger charge is -2.30. The summed E-state index contributed by atoms with van der Waals surface area (Å²) in [6, 6.07) is 25.3. The molecular weight excluding hydrogens is 937 g/mol. The summed E-state index contributed by atoms with van der Waals surface area (Å²) in [6.07, 6.45) is 5.75. The number of carboxylic acids is 3. The van der Waals surface area contributed by atoms with E-state index in [0.717, 1.165) is 41.5 Å². The molecule has 0 bridgehead atoms. The molecule has 0 aliphatic heterocycles. The van der Waals surface area contributed by atoms with E-state index in [4.69, 9.17) is 14.2 Å². The first-order chi connectivity index (χ1) is 34.3. The SMILES string of the molecule is CC(C)Cc1ccc(CCC(CC(CC(CC(C)C(=O)O)C(=O)OC(C)(C)C)c2ccc(CCC(CC(C)C(=O)O)C(=O)OC(C)(C)C)cc2)c2ccc(CCC(CC(C)C(=O)O)C(=O)OC(C)(C)C)cc2)cc1. The largest absolute Gasteiger partial charge is 0.481 e. The van der Waals surface area contributed by atoms with Gasteiger partial charge in [-0.1, -0.05) is 107 Å². The van der Waals surface area contributed by atoms with Gasteiger partial charge in [0, 0.05) is 0 Å². The van der Waals surface area contributed by atoms with E-state index in [1.165, 1.54) is 11.1 Å². The summed E-state index contributed by atoms with van der Waals surface area (Å²) in [5.41, 5.74) is 4.25. The fraction of sp³-hybridized carbons (Fsp3) is 0.613. The van der Waals surface area contributed by atoms with E-state index in [-0.39, 0.29) is 31.1 Å². The van der Waals surface area contributed by atoms with Gasteiger partial charge in [0.15, 0.2) is 0 Å². The summed E-state index contributed by atoms with van der Waals surface area (Å²) in [7, 11) is 0. The van der Waals surface area contributed by atoms with E-state index in [1.807, 2.05) is 12.1 Å². The van der Waals surface area contributed by atoms with Gasteiger partial charge in [-0.15, -0.1) is 0 Å². The van der Waals surface area contributed by atoms with Crippen molar-refractivity contribution < 1.29 is 58.3 Å². The van der Waals surface area contributed by atoms with Gasteiger partial charge in [0.1, 0.15) is 16.8 Å². The summed E-state index contributed by atoms with van der Waals surface area (Å²) < 4.78 is 17.4. The predicted molar refractivity (Wildman–Crippen MR) is 290 cm³/mol. The third-order valence-corrected chi connectivity index (χ3v) is 13.5. The van der Waals surface area contributed by atoms with Crippen LogP contribution in [-0.2, 0) is 68.7 Å². The third kappa shape index (κ3) is 23.4. The first kappa shape index (κ1) is 62.8. The van der Waals surface area contributed by atoms with Crippen molar-refractivity contribution in [3.63, 3.8) is 0 Å². The van der Waals surface area contributed by atoms with Gasteiger partial charge in [0.25, 0.3) is 0 Å². The number of ether oxygens (including phenoxy) is 3. The van der Waals surface area contributed by atoms with E-state index in [2.05, 4.69) is 74.5 Å². The second kappa shape index (κ2) is 28.4. The number of aryl methyl sites for hydroxylation is 3. The van der Waals surface area contributed by atoms with Gasteiger partial charge in [-0.2, -0.15) is 0 Å². The van der Waals surface area contributed by atoms with Gasteiger partial charge >= 0.3 is 35.8 Å². The van der Waals surface area contributed by atoms with E-state index < -0.39 is 88.1 Å². The molecule has 8 unspecified atom stereocenters. The number of hydrogen-bond donors (Lipinski definition) is 3. The first-order valence-electron chi connectivity index (χ1n) is 26.9. The lowest BCUT2D eigenvalue weighted by molar-refractivity contribution is -0.163. The Bertz CT molecular complexity index is 2260. The van der Waals surface area contributed by atoms with E-state index >= 15 is 0 Å². The number of carbonyl (C=O) groups is 6. The molecule has 0 heterocycles. The normalized spacial score (nSPS) is 15.4. The van der Waals surface area contributed by atoms with Crippen LogP contribution < -0.4 is 0 Å². The Hall–Kier alpha value is -5.52. The van der Waals surface area contributed by atoms with E-state index in [0.29, 0.717) is 44.4 Å². The number of aliphatic carboxylic acids is 3. The van der Waals surface area contributed by atoms with Crippen molar-refractivity contribution in [2.75, 3.05) is 0 Å². The van der Waals surface area contributed by atoms with Crippen LogP contribution in [0.25, 0.3) is 0 Å². The van der Waals surface area contributed by atoms with Crippen LogP contribution in [0, 0.1) is 41.4 Å². The number of benzene rings is 3. The molecule has 3 aromatic rings. The van der Waals surface area contributed by atoms with Crippen LogP contribution in [0.5, 0.6) is 0 Å². The minimum Gasteiger partial charge on any atom is -0.481 e. The van der Waals surface area contributed by atoms with Gasteiger partial charge in [-0.3, -0.25) is 28.8 Å². The highest BCUT2D eigenvalue weighted by molar-refractivity contribution is 5.77. The van der Waals surface area contributed by atoms with Gasteiger partial charge in [-0.05, 0) is 190 Å². The predicted octanol–water partition coefficient (Wildman–Crippen LogP) is 13.2. The van der Waals surface area contributed by atoms with Gasteiger partial charge in [0.05, 0.1) is 35.5 Å². The lowest BCUT2D eigenvalue weighted by atomic mass is 9.76. The molecule has 74 heavy (non-hydrogen) atoms. The van der Waals surface area contributed by atoms with Crippen LogP contribution in [0.4, 0.5) is 0 Å². The van der Waals surface area contributed by atoms with Gasteiger partial charge < -0.3 is 29.5 Å². The number of esters is 3. The Balaban J connectivity index is 2.11. The molecule has 3 rings (SSSR count). The number of rotatable bonds is 29. The lowest BCUT2D eigenvalue weighted by Crippen LogP contribution is -2.31. The van der Waals surface area contributed by atoms with E-state index in [9.17, 15) is 44.1 Å². The van der Waals surface area contributed by atoms with Crippen molar-refractivity contribution >= 4 is 35.8 Å².